The van der Waals surface area contributed by atoms with E-state index in [0.717, 1.165) is 68.2 Å². The standard InChI is InChI=1S/C20H21ClN4S.C19H19ClN4S/c1-11-9-17(11)23-19(15-5-7-16(21)8-6-15)18-12(2)13(3)26-20(18)25-10-22-24-14(25)4;1-10-11(2)25-17-15(10)16(13-4-6-14(20)7-5-13)23-19(8-9-19)18(22)24(17)12(3)21/h5-8,10-11,17H,9H2,1-4H3;4-7,21-22H,8-9H2,1-3H3. The second kappa shape index (κ2) is 13.5. The van der Waals surface area contributed by atoms with E-state index < -0.39 is 5.54 Å². The molecule has 0 amide bonds. The molecule has 2 aliphatic carbocycles. The molecule has 5 aromatic rings. The van der Waals surface area contributed by atoms with Gasteiger partial charge >= 0.3 is 0 Å². The minimum atomic E-state index is -0.490. The van der Waals surface area contributed by atoms with E-state index in [0.29, 0.717) is 28.7 Å². The summed E-state index contributed by atoms with van der Waals surface area (Å²) in [7, 11) is 0. The van der Waals surface area contributed by atoms with Crippen LogP contribution in [0.5, 0.6) is 0 Å². The number of nitrogens with one attached hydrogen (secondary N) is 2. The predicted molar refractivity (Wildman–Crippen MR) is 215 cm³/mol. The summed E-state index contributed by atoms with van der Waals surface area (Å²) in [5, 5.41) is 28.7. The molecule has 0 radical (unpaired) electrons. The molecule has 2 saturated carbocycles. The first kappa shape index (κ1) is 35.4. The van der Waals surface area contributed by atoms with Gasteiger partial charge in [-0.3, -0.25) is 30.3 Å². The van der Waals surface area contributed by atoms with Gasteiger partial charge in [-0.15, -0.1) is 32.9 Å². The fraction of sp³-hybridized carbons (Fsp3) is 0.333. The van der Waals surface area contributed by atoms with E-state index in [1.807, 2.05) is 43.3 Å². The van der Waals surface area contributed by atoms with E-state index in [1.165, 1.54) is 26.4 Å². The Morgan fingerprint density at radius 2 is 1.49 bits per heavy atom. The van der Waals surface area contributed by atoms with E-state index in [2.05, 4.69) is 61.5 Å². The first-order valence-corrected chi connectivity index (χ1v) is 19.4. The van der Waals surface area contributed by atoms with Crippen molar-refractivity contribution in [2.45, 2.75) is 79.3 Å². The van der Waals surface area contributed by atoms with Crippen LogP contribution in [-0.4, -0.2) is 49.4 Å². The molecule has 2 N–H and O–H groups in total. The highest BCUT2D eigenvalue weighted by atomic mass is 35.5. The fourth-order valence-corrected chi connectivity index (χ4v) is 9.01. The average molecular weight is 756 g/mol. The third kappa shape index (κ3) is 6.63. The quantitative estimate of drug-likeness (QED) is 0.138. The topological polar surface area (TPSA) is 106 Å². The van der Waals surface area contributed by atoms with Gasteiger partial charge in [0.2, 0.25) is 0 Å². The first-order valence-electron chi connectivity index (χ1n) is 17.0. The Labute approximate surface area is 316 Å². The molecule has 1 aliphatic heterocycles. The lowest BCUT2D eigenvalue weighted by molar-refractivity contribution is 0.888. The Morgan fingerprint density at radius 1 is 0.902 bits per heavy atom. The zero-order chi connectivity index (χ0) is 36.4. The zero-order valence-corrected chi connectivity index (χ0v) is 32.9. The number of amidine groups is 2. The average Bonchev–Trinajstić information content (AvgIpc) is 3.93. The van der Waals surface area contributed by atoms with Crippen molar-refractivity contribution in [3.05, 3.63) is 114 Å². The van der Waals surface area contributed by atoms with Gasteiger partial charge in [0.15, 0.2) is 0 Å². The van der Waals surface area contributed by atoms with Crippen molar-refractivity contribution in [3.8, 4) is 5.00 Å². The van der Waals surface area contributed by atoms with Crippen molar-refractivity contribution in [1.82, 2.24) is 14.8 Å². The maximum atomic E-state index is 8.74. The summed E-state index contributed by atoms with van der Waals surface area (Å²) in [6.45, 7) is 14.5. The maximum absolute atomic E-state index is 8.74. The molecule has 8 nitrogen and oxygen atoms in total. The summed E-state index contributed by atoms with van der Waals surface area (Å²) in [4.78, 5) is 14.5. The molecule has 3 aromatic heterocycles. The van der Waals surface area contributed by atoms with Gasteiger partial charge in [0, 0.05) is 42.1 Å². The minimum absolute atomic E-state index is 0.367. The number of halogens is 2. The molecular weight excluding hydrogens is 716 g/mol. The van der Waals surface area contributed by atoms with Crippen LogP contribution in [0.2, 0.25) is 10.0 Å². The molecule has 1 spiro atoms. The number of anilines is 1. The molecule has 2 aromatic carbocycles. The van der Waals surface area contributed by atoms with Crippen molar-refractivity contribution < 1.29 is 0 Å². The number of aromatic nitrogens is 3. The van der Waals surface area contributed by atoms with Crippen LogP contribution in [-0.2, 0) is 0 Å². The van der Waals surface area contributed by atoms with Crippen molar-refractivity contribution in [2.24, 2.45) is 15.9 Å². The summed E-state index contributed by atoms with van der Waals surface area (Å²) in [5.74, 6) is 2.32. The number of nitrogens with zero attached hydrogens (tertiary/aromatic N) is 6. The maximum Gasteiger partial charge on any atom is 0.135 e. The van der Waals surface area contributed by atoms with Crippen LogP contribution in [0.4, 0.5) is 5.00 Å². The summed E-state index contributed by atoms with van der Waals surface area (Å²) in [6, 6.07) is 16.1. The Kier molecular flexibility index (Phi) is 9.41. The van der Waals surface area contributed by atoms with Gasteiger partial charge in [0.05, 0.1) is 17.5 Å². The van der Waals surface area contributed by atoms with Crippen LogP contribution in [0.1, 0.15) is 82.1 Å². The number of thiophene rings is 2. The molecule has 4 heterocycles. The SMILES string of the molecule is CC(=N)N1C(=N)C2(CC2)N=C(c2ccc(Cl)cc2)c2c1sc(C)c2C.Cc1sc(-n2cnnc2C)c(C(=NC2CC2C)c2ccc(Cl)cc2)c1C. The second-order valence-corrected chi connectivity index (χ2v) is 17.0. The van der Waals surface area contributed by atoms with Crippen molar-refractivity contribution >= 4 is 74.0 Å². The highest BCUT2D eigenvalue weighted by Crippen LogP contribution is 2.49. The number of rotatable bonds is 5. The van der Waals surface area contributed by atoms with Gasteiger partial charge in [-0.2, -0.15) is 0 Å². The molecule has 3 aliphatic rings. The minimum Gasteiger partial charge on any atom is -0.288 e. The largest absolute Gasteiger partial charge is 0.288 e. The van der Waals surface area contributed by atoms with E-state index in [4.69, 9.17) is 44.0 Å². The Hall–Kier alpha value is -3.96. The molecular formula is C39H40Cl2N8S2. The van der Waals surface area contributed by atoms with E-state index >= 15 is 0 Å². The number of hydrogen-bond acceptors (Lipinski definition) is 8. The first-order chi connectivity index (χ1) is 24.3. The summed E-state index contributed by atoms with van der Waals surface area (Å²) < 4.78 is 2.06. The normalized spacial score (nSPS) is 18.9. The summed E-state index contributed by atoms with van der Waals surface area (Å²) >= 11 is 15.6. The Balaban J connectivity index is 0.000000159. The molecule has 0 saturated heterocycles. The number of fused-ring (bicyclic) bond motifs is 1. The van der Waals surface area contributed by atoms with Gasteiger partial charge in [-0.25, -0.2) is 0 Å². The van der Waals surface area contributed by atoms with Crippen LogP contribution in [0, 0.1) is 51.4 Å². The van der Waals surface area contributed by atoms with Crippen LogP contribution >= 0.6 is 45.9 Å². The van der Waals surface area contributed by atoms with Crippen LogP contribution in [0.25, 0.3) is 5.00 Å². The smallest absolute Gasteiger partial charge is 0.135 e. The molecule has 262 valence electrons. The molecule has 2 fully saturated rings. The second-order valence-electron chi connectivity index (χ2n) is 13.7. The molecule has 2 unspecified atom stereocenters. The Bertz CT molecular complexity index is 2240. The number of benzene rings is 2. The number of hydrogen-bond donors (Lipinski definition) is 2. The van der Waals surface area contributed by atoms with Crippen molar-refractivity contribution in [3.63, 3.8) is 0 Å². The third-order valence-corrected chi connectivity index (χ3v) is 12.9. The molecule has 51 heavy (non-hydrogen) atoms. The highest BCUT2D eigenvalue weighted by Gasteiger charge is 2.52. The lowest BCUT2D eigenvalue weighted by atomic mass is 9.99. The van der Waals surface area contributed by atoms with Gasteiger partial charge in [-0.05, 0) is 102 Å². The summed E-state index contributed by atoms with van der Waals surface area (Å²) in [6.07, 6.45) is 4.66. The monoisotopic (exact) mass is 754 g/mol. The number of aliphatic imine (C=N–C) groups is 2. The van der Waals surface area contributed by atoms with Crippen LogP contribution in [0.15, 0.2) is 64.8 Å². The third-order valence-electron chi connectivity index (χ3n) is 9.99. The van der Waals surface area contributed by atoms with Crippen LogP contribution < -0.4 is 4.90 Å². The van der Waals surface area contributed by atoms with E-state index in [9.17, 15) is 0 Å². The van der Waals surface area contributed by atoms with E-state index in [-0.39, 0.29) is 0 Å². The zero-order valence-electron chi connectivity index (χ0n) is 29.7. The predicted octanol–water partition coefficient (Wildman–Crippen LogP) is 10.3. The van der Waals surface area contributed by atoms with Gasteiger partial charge in [0.25, 0.3) is 0 Å². The van der Waals surface area contributed by atoms with Crippen molar-refractivity contribution in [2.75, 3.05) is 4.90 Å². The van der Waals surface area contributed by atoms with Gasteiger partial charge < -0.3 is 0 Å². The highest BCUT2D eigenvalue weighted by molar-refractivity contribution is 7.17. The van der Waals surface area contributed by atoms with Crippen LogP contribution in [0.3, 0.4) is 0 Å². The number of aryl methyl sites for hydroxylation is 3. The Morgan fingerprint density at radius 3 is 2.04 bits per heavy atom. The molecule has 0 bridgehead atoms. The van der Waals surface area contributed by atoms with E-state index in [1.54, 1.807) is 40.8 Å². The van der Waals surface area contributed by atoms with Crippen molar-refractivity contribution in [1.29, 1.82) is 10.8 Å². The fourth-order valence-electron chi connectivity index (χ4n) is 6.37. The van der Waals surface area contributed by atoms with Gasteiger partial charge in [-0.1, -0.05) is 54.4 Å². The molecule has 8 rings (SSSR count). The molecule has 2 atom stereocenters. The lowest BCUT2D eigenvalue weighted by Gasteiger charge is -2.24. The van der Waals surface area contributed by atoms with Gasteiger partial charge in [0.1, 0.15) is 39.4 Å². The molecule has 12 heteroatoms. The summed E-state index contributed by atoms with van der Waals surface area (Å²) in [5.41, 5.74) is 8.24. The lowest BCUT2D eigenvalue weighted by Crippen LogP contribution is -2.41.